The number of carbonyl (C=O) groups excluding carboxylic acids is 1. The van der Waals surface area contributed by atoms with Gasteiger partial charge < -0.3 is 15.0 Å². The molecule has 0 saturated carbocycles. The van der Waals surface area contributed by atoms with Crippen molar-refractivity contribution in [2.75, 3.05) is 20.2 Å². The van der Waals surface area contributed by atoms with E-state index >= 15 is 0 Å². The van der Waals surface area contributed by atoms with E-state index in [4.69, 9.17) is 4.74 Å². The summed E-state index contributed by atoms with van der Waals surface area (Å²) < 4.78 is 17.6. The summed E-state index contributed by atoms with van der Waals surface area (Å²) in [5.41, 5.74) is 1.13. The van der Waals surface area contributed by atoms with Gasteiger partial charge in [-0.2, -0.15) is 0 Å². The van der Waals surface area contributed by atoms with E-state index in [0.29, 0.717) is 12.1 Å². The quantitative estimate of drug-likeness (QED) is 0.928. The maximum absolute atomic E-state index is 12.9. The molecule has 5 heteroatoms. The lowest BCUT2D eigenvalue weighted by molar-refractivity contribution is 0.109. The van der Waals surface area contributed by atoms with Crippen LogP contribution in [0.5, 0.6) is 0 Å². The minimum Gasteiger partial charge on any atom is -0.453 e. The Bertz CT molecular complexity index is 456. The number of hydrogen-bond acceptors (Lipinski definition) is 3. The summed E-state index contributed by atoms with van der Waals surface area (Å²) in [4.78, 5) is 13.2. The summed E-state index contributed by atoms with van der Waals surface area (Å²) in [6, 6.07) is 7.39. The van der Waals surface area contributed by atoms with E-state index in [9.17, 15) is 9.18 Å². The standard InChI is InChI=1S/C16H23FN2O2/c1-12(11-13-3-5-14(17)6-4-13)18-15-7-9-19(10-8-15)16(20)21-2/h3-6,12,15,18H,7-11H2,1-2H3/t12-/m0/s1. The minimum absolute atomic E-state index is 0.199. The van der Waals surface area contributed by atoms with E-state index in [1.54, 1.807) is 4.90 Å². The van der Waals surface area contributed by atoms with Gasteiger partial charge in [0.1, 0.15) is 5.82 Å². The van der Waals surface area contributed by atoms with Crippen LogP contribution in [0.25, 0.3) is 0 Å². The van der Waals surface area contributed by atoms with Gasteiger partial charge in [-0.25, -0.2) is 9.18 Å². The number of nitrogens with one attached hydrogen (secondary N) is 1. The Hall–Kier alpha value is -1.62. The predicted octanol–water partition coefficient (Wildman–Crippen LogP) is 2.58. The molecule has 1 aliphatic rings. The lowest BCUT2D eigenvalue weighted by atomic mass is 10.0. The summed E-state index contributed by atoms with van der Waals surface area (Å²) in [5, 5.41) is 3.59. The molecule has 21 heavy (non-hydrogen) atoms. The Kier molecular flexibility index (Phi) is 5.56. The number of rotatable bonds is 4. The van der Waals surface area contributed by atoms with Crippen LogP contribution in [0.1, 0.15) is 25.3 Å². The number of hydrogen-bond donors (Lipinski definition) is 1. The second kappa shape index (κ2) is 7.41. The number of nitrogens with zero attached hydrogens (tertiary/aromatic N) is 1. The first kappa shape index (κ1) is 15.8. The molecular formula is C16H23FN2O2. The normalized spacial score (nSPS) is 17.6. The number of ether oxygens (including phenoxy) is 1. The van der Waals surface area contributed by atoms with Crippen molar-refractivity contribution in [2.45, 2.75) is 38.3 Å². The van der Waals surface area contributed by atoms with Gasteiger partial charge >= 0.3 is 6.09 Å². The van der Waals surface area contributed by atoms with Crippen molar-refractivity contribution in [1.82, 2.24) is 10.2 Å². The van der Waals surface area contributed by atoms with Crippen LogP contribution >= 0.6 is 0 Å². The molecule has 4 nitrogen and oxygen atoms in total. The van der Waals surface area contributed by atoms with E-state index in [1.807, 2.05) is 12.1 Å². The van der Waals surface area contributed by atoms with Crippen LogP contribution in [-0.4, -0.2) is 43.3 Å². The molecule has 2 rings (SSSR count). The lowest BCUT2D eigenvalue weighted by Crippen LogP contribution is -2.47. The van der Waals surface area contributed by atoms with Crippen LogP contribution in [0.15, 0.2) is 24.3 Å². The number of benzene rings is 1. The van der Waals surface area contributed by atoms with E-state index in [2.05, 4.69) is 12.2 Å². The van der Waals surface area contributed by atoms with Gasteiger partial charge in [0, 0.05) is 25.2 Å². The third kappa shape index (κ3) is 4.70. The zero-order valence-corrected chi connectivity index (χ0v) is 12.6. The molecule has 0 radical (unpaired) electrons. The van der Waals surface area contributed by atoms with E-state index in [-0.39, 0.29) is 11.9 Å². The number of amides is 1. The highest BCUT2D eigenvalue weighted by molar-refractivity contribution is 5.67. The maximum Gasteiger partial charge on any atom is 0.409 e. The fraction of sp³-hybridized carbons (Fsp3) is 0.562. The van der Waals surface area contributed by atoms with E-state index in [0.717, 1.165) is 37.9 Å². The molecule has 0 bridgehead atoms. The molecule has 0 unspecified atom stereocenters. The van der Waals surface area contributed by atoms with Gasteiger partial charge in [0.25, 0.3) is 0 Å². The van der Waals surface area contributed by atoms with Crippen molar-refractivity contribution in [3.05, 3.63) is 35.6 Å². The molecule has 1 amide bonds. The molecular weight excluding hydrogens is 271 g/mol. The highest BCUT2D eigenvalue weighted by Gasteiger charge is 2.23. The van der Waals surface area contributed by atoms with Gasteiger partial charge in [-0.3, -0.25) is 0 Å². The summed E-state index contributed by atoms with van der Waals surface area (Å²) in [5.74, 6) is -0.199. The zero-order chi connectivity index (χ0) is 15.2. The van der Waals surface area contributed by atoms with Crippen LogP contribution in [-0.2, 0) is 11.2 Å². The number of methoxy groups -OCH3 is 1. The summed E-state index contributed by atoms with van der Waals surface area (Å²) in [6.07, 6.45) is 2.50. The third-order valence-corrected chi connectivity index (χ3v) is 3.90. The van der Waals surface area contributed by atoms with Gasteiger partial charge in [0.2, 0.25) is 0 Å². The van der Waals surface area contributed by atoms with Crippen molar-refractivity contribution < 1.29 is 13.9 Å². The van der Waals surface area contributed by atoms with E-state index < -0.39 is 0 Å². The van der Waals surface area contributed by atoms with E-state index in [1.165, 1.54) is 19.2 Å². The minimum atomic E-state index is -0.243. The number of carbonyl (C=O) groups is 1. The molecule has 1 fully saturated rings. The molecule has 1 aliphatic heterocycles. The number of piperidine rings is 1. The second-order valence-electron chi connectivity index (χ2n) is 5.63. The summed E-state index contributed by atoms with van der Waals surface area (Å²) >= 11 is 0. The van der Waals surface area contributed by atoms with Crippen LogP contribution in [0.2, 0.25) is 0 Å². The number of likely N-dealkylation sites (tertiary alicyclic amines) is 1. The molecule has 0 aromatic heterocycles. The Morgan fingerprint density at radius 3 is 2.57 bits per heavy atom. The smallest absolute Gasteiger partial charge is 0.409 e. The Labute approximate surface area is 125 Å². The van der Waals surface area contributed by atoms with Crippen molar-refractivity contribution in [3.8, 4) is 0 Å². The Morgan fingerprint density at radius 1 is 1.38 bits per heavy atom. The summed E-state index contributed by atoms with van der Waals surface area (Å²) in [7, 11) is 1.41. The second-order valence-corrected chi connectivity index (χ2v) is 5.63. The highest BCUT2D eigenvalue weighted by atomic mass is 19.1. The summed E-state index contributed by atoms with van der Waals surface area (Å²) in [6.45, 7) is 3.59. The molecule has 1 saturated heterocycles. The van der Waals surface area contributed by atoms with Crippen LogP contribution in [0, 0.1) is 5.82 Å². The molecule has 0 spiro atoms. The molecule has 116 valence electrons. The third-order valence-electron chi connectivity index (χ3n) is 3.90. The van der Waals surface area contributed by atoms with Crippen molar-refractivity contribution >= 4 is 6.09 Å². The van der Waals surface area contributed by atoms with Gasteiger partial charge in [-0.15, -0.1) is 0 Å². The van der Waals surface area contributed by atoms with Gasteiger partial charge in [-0.05, 0) is 43.9 Å². The molecule has 0 aliphatic carbocycles. The van der Waals surface area contributed by atoms with Crippen LogP contribution in [0.3, 0.4) is 0 Å². The topological polar surface area (TPSA) is 41.6 Å². The van der Waals surface area contributed by atoms with Gasteiger partial charge in [0.05, 0.1) is 7.11 Å². The fourth-order valence-electron chi connectivity index (χ4n) is 2.79. The maximum atomic E-state index is 12.9. The number of halogens is 1. The molecule has 1 aromatic carbocycles. The molecule has 1 heterocycles. The van der Waals surface area contributed by atoms with Crippen molar-refractivity contribution in [2.24, 2.45) is 0 Å². The van der Waals surface area contributed by atoms with Crippen molar-refractivity contribution in [1.29, 1.82) is 0 Å². The first-order chi connectivity index (χ1) is 10.1. The lowest BCUT2D eigenvalue weighted by Gasteiger charge is -2.33. The predicted molar refractivity (Wildman–Crippen MR) is 79.7 cm³/mol. The molecule has 1 atom stereocenters. The molecule has 1 aromatic rings. The van der Waals surface area contributed by atoms with Crippen LogP contribution < -0.4 is 5.32 Å². The highest BCUT2D eigenvalue weighted by Crippen LogP contribution is 2.13. The van der Waals surface area contributed by atoms with Crippen molar-refractivity contribution in [3.63, 3.8) is 0 Å². The monoisotopic (exact) mass is 294 g/mol. The largest absolute Gasteiger partial charge is 0.453 e. The first-order valence-corrected chi connectivity index (χ1v) is 7.42. The Balaban J connectivity index is 1.75. The zero-order valence-electron chi connectivity index (χ0n) is 12.6. The average Bonchev–Trinajstić information content (AvgIpc) is 2.49. The average molecular weight is 294 g/mol. The van der Waals surface area contributed by atoms with Gasteiger partial charge in [-0.1, -0.05) is 12.1 Å². The first-order valence-electron chi connectivity index (χ1n) is 7.42. The SMILES string of the molecule is COC(=O)N1CCC(N[C@@H](C)Cc2ccc(F)cc2)CC1. The van der Waals surface area contributed by atoms with Crippen LogP contribution in [0.4, 0.5) is 9.18 Å². The Morgan fingerprint density at radius 2 is 2.00 bits per heavy atom. The van der Waals surface area contributed by atoms with Gasteiger partial charge in [0.15, 0.2) is 0 Å². The fourth-order valence-corrected chi connectivity index (χ4v) is 2.79. The molecule has 1 N–H and O–H groups in total.